The van der Waals surface area contributed by atoms with E-state index in [4.69, 9.17) is 11.5 Å². The van der Waals surface area contributed by atoms with Crippen LogP contribution in [0.1, 0.15) is 28.8 Å². The topological polar surface area (TPSA) is 208 Å². The van der Waals surface area contributed by atoms with E-state index in [1.165, 1.54) is 4.90 Å². The van der Waals surface area contributed by atoms with E-state index in [1.807, 2.05) is 25.9 Å². The lowest BCUT2D eigenvalue weighted by Gasteiger charge is -2.50. The number of rotatable bonds is 5. The normalized spacial score (nSPS) is 25.8. The number of benzene rings is 1. The van der Waals surface area contributed by atoms with Gasteiger partial charge in [0.2, 0.25) is 11.7 Å². The molecule has 8 N–H and O–H groups in total. The van der Waals surface area contributed by atoms with E-state index < -0.39 is 58.0 Å². The lowest BCUT2D eigenvalue weighted by atomic mass is 9.57. The average molecular weight is 567 g/mol. The number of ketones is 2. The highest BCUT2D eigenvalue weighted by Crippen LogP contribution is 2.54. The number of hydrogen-bond acceptors (Lipinski definition) is 11. The number of phenols is 1. The van der Waals surface area contributed by atoms with Gasteiger partial charge in [-0.3, -0.25) is 19.3 Å². The molecule has 3 aliphatic rings. The summed E-state index contributed by atoms with van der Waals surface area (Å²) in [5, 5.41) is 45.9. The fourth-order valence-electron chi connectivity index (χ4n) is 6.72. The van der Waals surface area contributed by atoms with Gasteiger partial charge < -0.3 is 41.4 Å². The highest BCUT2D eigenvalue weighted by molar-refractivity contribution is 6.24. The van der Waals surface area contributed by atoms with Gasteiger partial charge in [0, 0.05) is 42.5 Å². The summed E-state index contributed by atoms with van der Waals surface area (Å²) in [5.74, 6) is -6.61. The number of likely N-dealkylation sites (N-methyl/N-ethyl adjacent to an activating group) is 1. The Kier molecular flexibility index (Phi) is 6.42. The molecule has 1 aromatic heterocycles. The van der Waals surface area contributed by atoms with E-state index in [0.29, 0.717) is 16.8 Å². The first-order valence-electron chi connectivity index (χ1n) is 13.1. The van der Waals surface area contributed by atoms with E-state index in [0.717, 1.165) is 5.69 Å². The standard InChI is InChI=1S/C28H34N6O7/c1-11-9-31-27(30)34(11)10-13-8-16(32(2)3)14-6-12-7-15-20(33(4)5)23(37)19(26(29)40)25(39)28(15,41)24(38)17(12)22(36)18(14)21(13)35/h8-9,12,15,20,35-36,39,41H,6-7,10H2,1-5H3,(H2,29,40)(H2,30,31)/t12-,15-,20-,28-/m0/s1. The molecule has 13 heteroatoms. The molecule has 0 radical (unpaired) electrons. The number of aryl methyl sites for hydroxylation is 1. The monoisotopic (exact) mass is 566 g/mol. The van der Waals surface area contributed by atoms with Gasteiger partial charge in [-0.1, -0.05) is 0 Å². The van der Waals surface area contributed by atoms with Gasteiger partial charge in [-0.25, -0.2) is 4.98 Å². The molecule has 13 nitrogen and oxygen atoms in total. The first-order valence-corrected chi connectivity index (χ1v) is 13.1. The van der Waals surface area contributed by atoms with Crippen LogP contribution in [-0.4, -0.2) is 92.2 Å². The average Bonchev–Trinajstić information content (AvgIpc) is 3.19. The number of carbonyl (C=O) groups is 3. The summed E-state index contributed by atoms with van der Waals surface area (Å²) < 4.78 is 1.68. The zero-order chi connectivity index (χ0) is 30.3. The summed E-state index contributed by atoms with van der Waals surface area (Å²) in [4.78, 5) is 46.9. The van der Waals surface area contributed by atoms with Gasteiger partial charge in [-0.15, -0.1) is 0 Å². The predicted octanol–water partition coefficient (Wildman–Crippen LogP) is 0.165. The Balaban J connectivity index is 1.74. The van der Waals surface area contributed by atoms with E-state index in [2.05, 4.69) is 4.98 Å². The number of nitrogens with two attached hydrogens (primary N) is 2. The maximum Gasteiger partial charge on any atom is 0.255 e. The van der Waals surface area contributed by atoms with Crippen LogP contribution in [0, 0.1) is 18.8 Å². The summed E-state index contributed by atoms with van der Waals surface area (Å²) in [6.45, 7) is 1.94. The number of hydrogen-bond donors (Lipinski definition) is 6. The minimum Gasteiger partial charge on any atom is -0.508 e. The van der Waals surface area contributed by atoms with Crippen LogP contribution >= 0.6 is 0 Å². The highest BCUT2D eigenvalue weighted by atomic mass is 16.3. The van der Waals surface area contributed by atoms with Crippen LogP contribution in [0.3, 0.4) is 0 Å². The van der Waals surface area contributed by atoms with Gasteiger partial charge in [0.05, 0.1) is 24.3 Å². The van der Waals surface area contributed by atoms with Crippen molar-refractivity contribution >= 4 is 34.9 Å². The molecule has 0 bridgehead atoms. The van der Waals surface area contributed by atoms with Crippen molar-refractivity contribution < 1.29 is 34.8 Å². The number of aliphatic hydroxyl groups is 3. The van der Waals surface area contributed by atoms with Gasteiger partial charge in [0.1, 0.15) is 22.8 Å². The number of phenolic OH excluding ortho intramolecular Hbond substituents is 1. The Bertz CT molecular complexity index is 1570. The second kappa shape index (κ2) is 9.35. The minimum atomic E-state index is -2.69. The Labute approximate surface area is 236 Å². The van der Waals surface area contributed by atoms with Crippen molar-refractivity contribution in [1.29, 1.82) is 0 Å². The molecular formula is C28H34N6O7. The van der Waals surface area contributed by atoms with Crippen molar-refractivity contribution in [3.05, 3.63) is 51.6 Å². The molecule has 3 aliphatic carbocycles. The number of Topliss-reactive ketones (excluding diaryl/α,β-unsaturated/α-hetero) is 2. The van der Waals surface area contributed by atoms with Crippen LogP contribution in [0.4, 0.5) is 11.6 Å². The maximum absolute atomic E-state index is 14.1. The number of imidazole rings is 1. The molecule has 0 saturated heterocycles. The van der Waals surface area contributed by atoms with Crippen molar-refractivity contribution in [2.75, 3.05) is 38.8 Å². The lowest BCUT2D eigenvalue weighted by Crippen LogP contribution is -2.65. The van der Waals surface area contributed by atoms with Gasteiger partial charge in [0.15, 0.2) is 11.4 Å². The number of amides is 1. The van der Waals surface area contributed by atoms with E-state index >= 15 is 0 Å². The number of primary amides is 1. The fourth-order valence-corrected chi connectivity index (χ4v) is 6.72. The summed E-state index contributed by atoms with van der Waals surface area (Å²) >= 11 is 0. The third-order valence-electron chi connectivity index (χ3n) is 8.67. The van der Waals surface area contributed by atoms with Crippen LogP contribution in [0.2, 0.25) is 0 Å². The number of nitrogens with zero attached hydrogens (tertiary/aromatic N) is 4. The number of anilines is 2. The first-order chi connectivity index (χ1) is 19.1. The molecule has 1 heterocycles. The largest absolute Gasteiger partial charge is 0.508 e. The van der Waals surface area contributed by atoms with E-state index in [1.54, 1.807) is 30.9 Å². The van der Waals surface area contributed by atoms with Crippen LogP contribution < -0.4 is 16.4 Å². The molecule has 2 aromatic rings. The fraction of sp³-hybridized carbons (Fsp3) is 0.429. The van der Waals surface area contributed by atoms with Gasteiger partial charge in [-0.05, 0) is 51.4 Å². The highest BCUT2D eigenvalue weighted by Gasteiger charge is 2.64. The number of nitrogen functional groups attached to an aromatic ring is 1. The summed E-state index contributed by atoms with van der Waals surface area (Å²) in [6.07, 6.45) is 1.81. The molecule has 0 unspecified atom stereocenters. The molecule has 1 saturated carbocycles. The molecule has 41 heavy (non-hydrogen) atoms. The van der Waals surface area contributed by atoms with Crippen molar-refractivity contribution in [3.63, 3.8) is 0 Å². The van der Waals surface area contributed by atoms with Crippen LogP contribution in [0.15, 0.2) is 29.2 Å². The Hall–Kier alpha value is -4.36. The van der Waals surface area contributed by atoms with Gasteiger partial charge in [0.25, 0.3) is 5.91 Å². The van der Waals surface area contributed by atoms with Crippen molar-refractivity contribution in [2.24, 2.45) is 17.6 Å². The molecule has 1 amide bonds. The predicted molar refractivity (Wildman–Crippen MR) is 149 cm³/mol. The van der Waals surface area contributed by atoms with Gasteiger partial charge >= 0.3 is 0 Å². The second-order valence-electron chi connectivity index (χ2n) is 11.5. The molecule has 1 fully saturated rings. The molecule has 0 aliphatic heterocycles. The van der Waals surface area contributed by atoms with Crippen molar-refractivity contribution in [2.45, 2.75) is 38.0 Å². The quantitative estimate of drug-likeness (QED) is 0.269. The number of aliphatic hydroxyl groups excluding tert-OH is 2. The Morgan fingerprint density at radius 1 is 1.20 bits per heavy atom. The summed E-state index contributed by atoms with van der Waals surface area (Å²) in [7, 11) is 6.74. The lowest BCUT2D eigenvalue weighted by molar-refractivity contribution is -0.153. The van der Waals surface area contributed by atoms with Crippen LogP contribution in [0.5, 0.6) is 5.75 Å². The Morgan fingerprint density at radius 2 is 1.85 bits per heavy atom. The summed E-state index contributed by atoms with van der Waals surface area (Å²) in [5.41, 5.74) is 10.1. The molecule has 218 valence electrons. The molecule has 0 spiro atoms. The Morgan fingerprint density at radius 3 is 2.39 bits per heavy atom. The van der Waals surface area contributed by atoms with E-state index in [9.17, 15) is 34.8 Å². The van der Waals surface area contributed by atoms with Gasteiger partial charge in [-0.2, -0.15) is 0 Å². The zero-order valence-corrected chi connectivity index (χ0v) is 23.5. The molecular weight excluding hydrogens is 532 g/mol. The SMILES string of the molecule is Cc1cnc(N)n1Cc1cc(N(C)C)c2c(c1O)C(O)=C1C(=O)[C@]3(O)C(O)=C(C(N)=O)C(=O)[C@@H](N(C)C)[C@@H]3C[C@@H]1C2. The molecule has 4 atom stereocenters. The number of carbonyl (C=O) groups excluding carboxylic acids is 3. The number of fused-ring (bicyclic) bond motifs is 3. The smallest absolute Gasteiger partial charge is 0.255 e. The third kappa shape index (κ3) is 3.83. The maximum atomic E-state index is 14.1. The summed E-state index contributed by atoms with van der Waals surface area (Å²) in [6, 6.07) is 0.646. The zero-order valence-electron chi connectivity index (χ0n) is 23.5. The molecule has 5 rings (SSSR count). The third-order valence-corrected chi connectivity index (χ3v) is 8.67. The van der Waals surface area contributed by atoms with Crippen molar-refractivity contribution in [3.8, 4) is 5.75 Å². The minimum absolute atomic E-state index is 0.0198. The van der Waals surface area contributed by atoms with Crippen LogP contribution in [-0.2, 0) is 27.3 Å². The number of aromatic hydroxyl groups is 1. The van der Waals surface area contributed by atoms with Crippen LogP contribution in [0.25, 0.3) is 5.76 Å². The number of aromatic nitrogens is 2. The van der Waals surface area contributed by atoms with Crippen molar-refractivity contribution in [1.82, 2.24) is 14.5 Å². The first kappa shape index (κ1) is 28.2. The molecule has 1 aromatic carbocycles. The second-order valence-corrected chi connectivity index (χ2v) is 11.5. The van der Waals surface area contributed by atoms with E-state index in [-0.39, 0.29) is 42.2 Å².